The van der Waals surface area contributed by atoms with Crippen LogP contribution in [0.15, 0.2) is 12.1 Å². The number of rotatable bonds is 7. The molecule has 1 aromatic heterocycles. The molecule has 1 aromatic rings. The maximum absolute atomic E-state index is 12.9. The van der Waals surface area contributed by atoms with Gasteiger partial charge >= 0.3 is 0 Å². The smallest absolute Gasteiger partial charge is 0.254 e. The van der Waals surface area contributed by atoms with Gasteiger partial charge in [-0.1, -0.05) is 0 Å². The van der Waals surface area contributed by atoms with Gasteiger partial charge in [-0.3, -0.25) is 4.79 Å². The molecule has 0 aliphatic heterocycles. The van der Waals surface area contributed by atoms with Crippen molar-refractivity contribution < 1.29 is 9.53 Å². The summed E-state index contributed by atoms with van der Waals surface area (Å²) < 4.78 is 5.16. The molecule has 1 aliphatic rings. The van der Waals surface area contributed by atoms with E-state index in [1.807, 2.05) is 31.0 Å². The van der Waals surface area contributed by atoms with Crippen LogP contribution in [-0.4, -0.2) is 49.1 Å². The molecule has 5 nitrogen and oxygen atoms in total. The number of anilines is 1. The number of amides is 1. The molecule has 1 unspecified atom stereocenters. The van der Waals surface area contributed by atoms with E-state index >= 15 is 0 Å². The molecular weight excluding hydrogens is 266 g/mol. The molecule has 1 saturated carbocycles. The summed E-state index contributed by atoms with van der Waals surface area (Å²) in [6.07, 6.45) is 2.43. The molecule has 5 heteroatoms. The summed E-state index contributed by atoms with van der Waals surface area (Å²) in [5, 5.41) is 3.00. The van der Waals surface area contributed by atoms with Crippen LogP contribution < -0.4 is 5.32 Å². The number of aryl methyl sites for hydroxylation is 1. The van der Waals surface area contributed by atoms with Crippen LogP contribution in [0.4, 0.5) is 5.82 Å². The molecule has 0 saturated heterocycles. The van der Waals surface area contributed by atoms with Crippen molar-refractivity contribution in [1.82, 2.24) is 9.88 Å². The zero-order valence-corrected chi connectivity index (χ0v) is 13.3. The minimum Gasteiger partial charge on any atom is -0.383 e. The highest BCUT2D eigenvalue weighted by molar-refractivity contribution is 5.95. The van der Waals surface area contributed by atoms with Crippen LogP contribution >= 0.6 is 0 Å². The average molecular weight is 291 g/mol. The number of carbonyl (C=O) groups is 1. The zero-order chi connectivity index (χ0) is 15.4. The van der Waals surface area contributed by atoms with Crippen molar-refractivity contribution in [2.75, 3.05) is 32.6 Å². The van der Waals surface area contributed by atoms with Crippen molar-refractivity contribution in [3.63, 3.8) is 0 Å². The average Bonchev–Trinajstić information content (AvgIpc) is 3.31. The summed E-state index contributed by atoms with van der Waals surface area (Å²) in [7, 11) is 3.48. The molecule has 0 bridgehead atoms. The minimum absolute atomic E-state index is 0.0634. The Kier molecular flexibility index (Phi) is 5.17. The summed E-state index contributed by atoms with van der Waals surface area (Å²) in [5.74, 6) is 1.43. The van der Waals surface area contributed by atoms with Gasteiger partial charge in [-0.25, -0.2) is 4.98 Å². The summed E-state index contributed by atoms with van der Waals surface area (Å²) in [6, 6.07) is 3.93. The van der Waals surface area contributed by atoms with Crippen LogP contribution in [0.2, 0.25) is 0 Å². The molecular formula is C16H25N3O2. The molecule has 116 valence electrons. The third-order valence-corrected chi connectivity index (χ3v) is 4.05. The van der Waals surface area contributed by atoms with Gasteiger partial charge in [0.15, 0.2) is 0 Å². The number of methoxy groups -OCH3 is 1. The monoisotopic (exact) mass is 291 g/mol. The molecule has 1 N–H and O–H groups in total. The molecule has 1 aliphatic carbocycles. The van der Waals surface area contributed by atoms with Crippen molar-refractivity contribution >= 4 is 11.7 Å². The summed E-state index contributed by atoms with van der Waals surface area (Å²) in [5.41, 5.74) is 1.53. The highest BCUT2D eigenvalue weighted by atomic mass is 16.5. The Bertz CT molecular complexity index is 500. The summed E-state index contributed by atoms with van der Waals surface area (Å²) in [6.45, 7) is 5.23. The molecule has 1 atom stereocenters. The van der Waals surface area contributed by atoms with E-state index in [4.69, 9.17) is 4.74 Å². The first-order valence-electron chi connectivity index (χ1n) is 7.53. The van der Waals surface area contributed by atoms with Crippen LogP contribution in [0.3, 0.4) is 0 Å². The Labute approximate surface area is 126 Å². The van der Waals surface area contributed by atoms with E-state index in [0.29, 0.717) is 24.6 Å². The van der Waals surface area contributed by atoms with Crippen molar-refractivity contribution in [3.05, 3.63) is 23.4 Å². The Balaban J connectivity index is 2.21. The first kappa shape index (κ1) is 15.8. The van der Waals surface area contributed by atoms with E-state index in [1.165, 1.54) is 12.8 Å². The van der Waals surface area contributed by atoms with Gasteiger partial charge in [-0.05, 0) is 44.7 Å². The Hall–Kier alpha value is -1.62. The Morgan fingerprint density at radius 2 is 2.24 bits per heavy atom. The van der Waals surface area contributed by atoms with Crippen LogP contribution in [0, 0.1) is 12.8 Å². The molecule has 0 radical (unpaired) electrons. The highest BCUT2D eigenvalue weighted by Gasteiger charge is 2.34. The van der Waals surface area contributed by atoms with Gasteiger partial charge < -0.3 is 15.0 Å². The number of hydrogen-bond donors (Lipinski definition) is 1. The fraction of sp³-hybridized carbons (Fsp3) is 0.625. The van der Waals surface area contributed by atoms with Gasteiger partial charge in [0.2, 0.25) is 0 Å². The number of pyridine rings is 1. The molecule has 1 fully saturated rings. The fourth-order valence-corrected chi connectivity index (χ4v) is 2.60. The van der Waals surface area contributed by atoms with Crippen LogP contribution in [-0.2, 0) is 4.74 Å². The predicted octanol–water partition coefficient (Wildman–Crippen LogP) is 2.32. The van der Waals surface area contributed by atoms with Gasteiger partial charge in [0.1, 0.15) is 5.82 Å². The van der Waals surface area contributed by atoms with Gasteiger partial charge in [-0.15, -0.1) is 0 Å². The third kappa shape index (κ3) is 3.94. The van der Waals surface area contributed by atoms with Gasteiger partial charge in [0.25, 0.3) is 5.91 Å². The number of aromatic nitrogens is 1. The molecule has 2 rings (SSSR count). The van der Waals surface area contributed by atoms with E-state index in [0.717, 1.165) is 11.5 Å². The van der Waals surface area contributed by atoms with Crippen molar-refractivity contribution in [2.24, 2.45) is 5.92 Å². The quantitative estimate of drug-likeness (QED) is 0.837. The van der Waals surface area contributed by atoms with Gasteiger partial charge in [0.05, 0.1) is 6.61 Å². The molecule has 0 aromatic carbocycles. The topological polar surface area (TPSA) is 54.5 Å². The van der Waals surface area contributed by atoms with Crippen LogP contribution in [0.1, 0.15) is 35.8 Å². The Morgan fingerprint density at radius 1 is 1.52 bits per heavy atom. The van der Waals surface area contributed by atoms with E-state index in [2.05, 4.69) is 17.2 Å². The second kappa shape index (κ2) is 6.89. The zero-order valence-electron chi connectivity index (χ0n) is 13.3. The van der Waals surface area contributed by atoms with Crippen molar-refractivity contribution in [1.29, 1.82) is 0 Å². The fourth-order valence-electron chi connectivity index (χ4n) is 2.60. The van der Waals surface area contributed by atoms with Gasteiger partial charge in [-0.2, -0.15) is 0 Å². The number of ether oxygens (including phenoxy) is 1. The lowest BCUT2D eigenvalue weighted by molar-refractivity contribution is 0.0594. The normalized spacial score (nSPS) is 15.6. The Morgan fingerprint density at radius 3 is 2.81 bits per heavy atom. The lowest BCUT2D eigenvalue weighted by atomic mass is 10.1. The summed E-state index contributed by atoms with van der Waals surface area (Å²) in [4.78, 5) is 19.1. The minimum atomic E-state index is 0.0634. The molecule has 1 heterocycles. The predicted molar refractivity (Wildman–Crippen MR) is 83.6 cm³/mol. The second-order valence-electron chi connectivity index (χ2n) is 5.70. The number of nitrogens with zero attached hydrogens (tertiary/aromatic N) is 2. The number of carbonyl (C=O) groups excluding carboxylic acids is 1. The molecule has 1 amide bonds. The SMILES string of the molecule is CNc1cc(C(=O)N(CCOC)C(C)C2CC2)cc(C)n1. The maximum atomic E-state index is 12.9. The lowest BCUT2D eigenvalue weighted by Crippen LogP contribution is -2.42. The molecule has 0 spiro atoms. The van der Waals surface area contributed by atoms with E-state index < -0.39 is 0 Å². The summed E-state index contributed by atoms with van der Waals surface area (Å²) >= 11 is 0. The molecule has 21 heavy (non-hydrogen) atoms. The second-order valence-corrected chi connectivity index (χ2v) is 5.70. The van der Waals surface area contributed by atoms with Crippen LogP contribution in [0.25, 0.3) is 0 Å². The van der Waals surface area contributed by atoms with E-state index in [-0.39, 0.29) is 11.9 Å². The van der Waals surface area contributed by atoms with E-state index in [1.54, 1.807) is 7.11 Å². The van der Waals surface area contributed by atoms with Crippen molar-refractivity contribution in [3.8, 4) is 0 Å². The standard InChI is InChI=1S/C16H25N3O2/c1-11-9-14(10-15(17-3)18-11)16(20)19(7-8-21-4)12(2)13-5-6-13/h9-10,12-13H,5-8H2,1-4H3,(H,17,18). The highest BCUT2D eigenvalue weighted by Crippen LogP contribution is 2.35. The van der Waals surface area contributed by atoms with E-state index in [9.17, 15) is 4.79 Å². The first-order chi connectivity index (χ1) is 10.1. The first-order valence-corrected chi connectivity index (χ1v) is 7.53. The third-order valence-electron chi connectivity index (χ3n) is 4.05. The lowest BCUT2D eigenvalue weighted by Gasteiger charge is -2.29. The van der Waals surface area contributed by atoms with Crippen LogP contribution in [0.5, 0.6) is 0 Å². The van der Waals surface area contributed by atoms with Crippen molar-refractivity contribution in [2.45, 2.75) is 32.7 Å². The number of nitrogens with one attached hydrogen (secondary N) is 1. The largest absolute Gasteiger partial charge is 0.383 e. The maximum Gasteiger partial charge on any atom is 0.254 e. The number of hydrogen-bond acceptors (Lipinski definition) is 4. The van der Waals surface area contributed by atoms with Gasteiger partial charge in [0, 0.05) is 38.0 Å².